The van der Waals surface area contributed by atoms with Gasteiger partial charge in [-0.3, -0.25) is 4.90 Å². The molecule has 0 bridgehead atoms. The highest BCUT2D eigenvalue weighted by Crippen LogP contribution is 2.27. The highest BCUT2D eigenvalue weighted by molar-refractivity contribution is 5.34. The molecule has 102 valence electrons. The molecule has 3 heteroatoms. The minimum Gasteiger partial charge on any atom is -0.314 e. The summed E-state index contributed by atoms with van der Waals surface area (Å²) in [6.45, 7) is 6.58. The Morgan fingerprint density at radius 2 is 2.16 bits per heavy atom. The number of unbranched alkanes of at least 4 members (excludes halogenated alkanes) is 1. The highest BCUT2D eigenvalue weighted by atomic mass is 15.2. The Labute approximate surface area is 116 Å². The van der Waals surface area contributed by atoms with Gasteiger partial charge in [-0.1, -0.05) is 31.9 Å². The molecule has 1 N–H and O–H groups in total. The Kier molecular flexibility index (Phi) is 5.38. The number of rotatable bonds is 5. The molecule has 3 nitrogen and oxygen atoms in total. The van der Waals surface area contributed by atoms with Crippen LogP contribution in [0, 0.1) is 11.3 Å². The van der Waals surface area contributed by atoms with Gasteiger partial charge in [-0.05, 0) is 24.1 Å². The quantitative estimate of drug-likeness (QED) is 0.881. The van der Waals surface area contributed by atoms with Crippen molar-refractivity contribution < 1.29 is 0 Å². The molecule has 1 heterocycles. The number of nitrogens with one attached hydrogen (secondary N) is 1. The van der Waals surface area contributed by atoms with Gasteiger partial charge in [0.2, 0.25) is 0 Å². The first kappa shape index (κ1) is 14.0. The lowest BCUT2D eigenvalue weighted by molar-refractivity contribution is 0.163. The molecule has 0 saturated carbocycles. The van der Waals surface area contributed by atoms with Crippen LogP contribution in [0.2, 0.25) is 0 Å². The maximum Gasteiger partial charge on any atom is 0.0991 e. The largest absolute Gasteiger partial charge is 0.314 e. The van der Waals surface area contributed by atoms with Gasteiger partial charge >= 0.3 is 0 Å². The lowest BCUT2D eigenvalue weighted by Gasteiger charge is -2.35. The Morgan fingerprint density at radius 1 is 1.37 bits per heavy atom. The number of hydrogen-bond acceptors (Lipinski definition) is 3. The van der Waals surface area contributed by atoms with Gasteiger partial charge in [0.15, 0.2) is 0 Å². The zero-order chi connectivity index (χ0) is 13.5. The summed E-state index contributed by atoms with van der Waals surface area (Å²) in [5, 5.41) is 12.5. The number of piperazine rings is 1. The van der Waals surface area contributed by atoms with Crippen LogP contribution in [-0.2, 0) is 0 Å². The minimum atomic E-state index is 0.468. The van der Waals surface area contributed by atoms with Gasteiger partial charge in [0.1, 0.15) is 0 Å². The van der Waals surface area contributed by atoms with Crippen LogP contribution in [0.3, 0.4) is 0 Å². The molecule has 1 saturated heterocycles. The van der Waals surface area contributed by atoms with Crippen LogP contribution >= 0.6 is 0 Å². The molecule has 1 aliphatic rings. The first-order valence-corrected chi connectivity index (χ1v) is 7.30. The minimum absolute atomic E-state index is 0.468. The summed E-state index contributed by atoms with van der Waals surface area (Å²) in [5.74, 6) is 0. The van der Waals surface area contributed by atoms with Crippen molar-refractivity contribution in [2.75, 3.05) is 26.2 Å². The predicted octanol–water partition coefficient (Wildman–Crippen LogP) is 2.69. The van der Waals surface area contributed by atoms with Gasteiger partial charge in [0.05, 0.1) is 11.6 Å². The third-order valence-corrected chi connectivity index (χ3v) is 3.82. The van der Waals surface area contributed by atoms with Crippen LogP contribution in [0.1, 0.15) is 43.4 Å². The third-order valence-electron chi connectivity index (χ3n) is 3.82. The lowest BCUT2D eigenvalue weighted by atomic mass is 9.97. The van der Waals surface area contributed by atoms with E-state index < -0.39 is 0 Å². The lowest BCUT2D eigenvalue weighted by Crippen LogP contribution is -2.45. The predicted molar refractivity (Wildman–Crippen MR) is 77.9 cm³/mol. The Bertz CT molecular complexity index is 430. The molecule has 1 aromatic rings. The topological polar surface area (TPSA) is 39.1 Å². The van der Waals surface area contributed by atoms with E-state index in [-0.39, 0.29) is 0 Å². The van der Waals surface area contributed by atoms with Crippen LogP contribution in [0.15, 0.2) is 24.3 Å². The van der Waals surface area contributed by atoms with Crippen LogP contribution in [0.5, 0.6) is 0 Å². The van der Waals surface area contributed by atoms with E-state index in [0.29, 0.717) is 6.04 Å². The van der Waals surface area contributed by atoms with Gasteiger partial charge in [-0.25, -0.2) is 0 Å². The van der Waals surface area contributed by atoms with Gasteiger partial charge in [-0.15, -0.1) is 0 Å². The van der Waals surface area contributed by atoms with E-state index in [1.807, 2.05) is 12.1 Å². The number of nitriles is 1. The van der Waals surface area contributed by atoms with Crippen molar-refractivity contribution in [1.82, 2.24) is 10.2 Å². The molecule has 0 aromatic heterocycles. The summed E-state index contributed by atoms with van der Waals surface area (Å²) in [6.07, 6.45) is 3.65. The van der Waals surface area contributed by atoms with Crippen LogP contribution in [-0.4, -0.2) is 31.1 Å². The maximum atomic E-state index is 9.06. The molecular formula is C16H23N3. The van der Waals surface area contributed by atoms with Crippen molar-refractivity contribution in [2.45, 2.75) is 32.2 Å². The second kappa shape index (κ2) is 7.28. The van der Waals surface area contributed by atoms with E-state index >= 15 is 0 Å². The van der Waals surface area contributed by atoms with Gasteiger partial charge < -0.3 is 5.32 Å². The summed E-state index contributed by atoms with van der Waals surface area (Å²) < 4.78 is 0. The summed E-state index contributed by atoms with van der Waals surface area (Å²) in [5.41, 5.74) is 2.07. The molecule has 2 rings (SSSR count). The molecule has 0 radical (unpaired) electrons. The fourth-order valence-corrected chi connectivity index (χ4v) is 2.77. The SMILES string of the molecule is CCCC[C@@H](c1cccc(C#N)c1)N1CCNCC1. The molecule has 1 fully saturated rings. The van der Waals surface area contributed by atoms with Crippen molar-refractivity contribution in [3.8, 4) is 6.07 Å². The van der Waals surface area contributed by atoms with Crippen LogP contribution < -0.4 is 5.32 Å². The fourth-order valence-electron chi connectivity index (χ4n) is 2.77. The second-order valence-electron chi connectivity index (χ2n) is 5.18. The summed E-state index contributed by atoms with van der Waals surface area (Å²) in [4.78, 5) is 2.56. The summed E-state index contributed by atoms with van der Waals surface area (Å²) in [7, 11) is 0. The first-order chi connectivity index (χ1) is 9.35. The zero-order valence-corrected chi connectivity index (χ0v) is 11.7. The molecular weight excluding hydrogens is 234 g/mol. The molecule has 0 unspecified atom stereocenters. The molecule has 0 spiro atoms. The fraction of sp³-hybridized carbons (Fsp3) is 0.562. The van der Waals surface area contributed by atoms with E-state index in [9.17, 15) is 0 Å². The van der Waals surface area contributed by atoms with Crippen molar-refractivity contribution >= 4 is 0 Å². The van der Waals surface area contributed by atoms with E-state index in [1.54, 1.807) is 0 Å². The van der Waals surface area contributed by atoms with Gasteiger partial charge in [-0.2, -0.15) is 5.26 Å². The van der Waals surface area contributed by atoms with Crippen molar-refractivity contribution in [3.63, 3.8) is 0 Å². The standard InChI is InChI=1S/C16H23N3/c1-2-3-7-16(19-10-8-18-9-11-19)15-6-4-5-14(12-15)13-17/h4-6,12,16,18H,2-3,7-11H2,1H3/t16-/m0/s1. The number of benzene rings is 1. The summed E-state index contributed by atoms with van der Waals surface area (Å²) >= 11 is 0. The Balaban J connectivity index is 2.17. The van der Waals surface area contributed by atoms with E-state index in [1.165, 1.54) is 24.8 Å². The normalized spacial score (nSPS) is 17.9. The summed E-state index contributed by atoms with van der Waals surface area (Å²) in [6, 6.07) is 10.8. The number of hydrogen-bond donors (Lipinski definition) is 1. The monoisotopic (exact) mass is 257 g/mol. The Morgan fingerprint density at radius 3 is 2.84 bits per heavy atom. The first-order valence-electron chi connectivity index (χ1n) is 7.30. The van der Waals surface area contributed by atoms with Crippen molar-refractivity contribution in [2.24, 2.45) is 0 Å². The molecule has 1 aliphatic heterocycles. The zero-order valence-electron chi connectivity index (χ0n) is 11.7. The van der Waals surface area contributed by atoms with Crippen molar-refractivity contribution in [1.29, 1.82) is 5.26 Å². The average Bonchev–Trinajstić information content (AvgIpc) is 2.49. The highest BCUT2D eigenvalue weighted by Gasteiger charge is 2.21. The van der Waals surface area contributed by atoms with Crippen LogP contribution in [0.25, 0.3) is 0 Å². The number of nitrogens with zero attached hydrogens (tertiary/aromatic N) is 2. The molecule has 1 atom stereocenters. The van der Waals surface area contributed by atoms with E-state index in [0.717, 1.165) is 31.7 Å². The molecule has 19 heavy (non-hydrogen) atoms. The van der Waals surface area contributed by atoms with Crippen LogP contribution in [0.4, 0.5) is 0 Å². The van der Waals surface area contributed by atoms with Gasteiger partial charge in [0, 0.05) is 32.2 Å². The molecule has 0 aliphatic carbocycles. The van der Waals surface area contributed by atoms with E-state index in [2.05, 4.69) is 35.3 Å². The second-order valence-corrected chi connectivity index (χ2v) is 5.18. The van der Waals surface area contributed by atoms with Gasteiger partial charge in [0.25, 0.3) is 0 Å². The van der Waals surface area contributed by atoms with E-state index in [4.69, 9.17) is 5.26 Å². The molecule has 1 aromatic carbocycles. The Hall–Kier alpha value is -1.37. The smallest absolute Gasteiger partial charge is 0.0991 e. The third kappa shape index (κ3) is 3.79. The average molecular weight is 257 g/mol. The van der Waals surface area contributed by atoms with Crippen molar-refractivity contribution in [3.05, 3.63) is 35.4 Å². The maximum absolute atomic E-state index is 9.06. The molecule has 0 amide bonds.